The maximum Gasteiger partial charge on any atom is 0.270 e. The Balaban J connectivity index is 1.64. The maximum atomic E-state index is 13.0. The van der Waals surface area contributed by atoms with Crippen molar-refractivity contribution in [2.75, 3.05) is 5.32 Å². The van der Waals surface area contributed by atoms with E-state index < -0.39 is 12.0 Å². The number of ether oxygens (including phenoxy) is 1. The molecule has 0 unspecified atom stereocenters. The third kappa shape index (κ3) is 4.05. The van der Waals surface area contributed by atoms with Crippen LogP contribution in [0.25, 0.3) is 11.5 Å². The molecule has 0 bridgehead atoms. The zero-order valence-electron chi connectivity index (χ0n) is 14.6. The molecule has 1 heterocycles. The molecule has 134 valence electrons. The highest BCUT2D eigenvalue weighted by Gasteiger charge is 2.18. The van der Waals surface area contributed by atoms with Crippen LogP contribution in [0.3, 0.4) is 0 Å². The Bertz CT molecular complexity index is 922. The minimum atomic E-state index is -0.745. The molecule has 0 aliphatic rings. The van der Waals surface area contributed by atoms with Gasteiger partial charge >= 0.3 is 0 Å². The summed E-state index contributed by atoms with van der Waals surface area (Å²) in [5, 5.41) is 6.24. The van der Waals surface area contributed by atoms with Crippen molar-refractivity contribution in [1.82, 2.24) is 10.1 Å². The summed E-state index contributed by atoms with van der Waals surface area (Å²) in [7, 11) is 0. The Morgan fingerprint density at radius 1 is 1.15 bits per heavy atom. The van der Waals surface area contributed by atoms with E-state index in [9.17, 15) is 9.18 Å². The van der Waals surface area contributed by atoms with Crippen LogP contribution in [0.4, 0.5) is 10.3 Å². The van der Waals surface area contributed by atoms with Crippen molar-refractivity contribution in [3.05, 3.63) is 59.4 Å². The van der Waals surface area contributed by atoms with Crippen LogP contribution in [-0.4, -0.2) is 22.2 Å². The highest BCUT2D eigenvalue weighted by Crippen LogP contribution is 2.20. The summed E-state index contributed by atoms with van der Waals surface area (Å²) < 4.78 is 23.7. The number of nitrogens with zero attached hydrogens (tertiary/aromatic N) is 2. The molecule has 0 radical (unpaired) electrons. The molecule has 1 amide bonds. The van der Waals surface area contributed by atoms with Gasteiger partial charge in [-0.15, -0.1) is 0 Å². The van der Waals surface area contributed by atoms with E-state index in [0.29, 0.717) is 11.3 Å². The quantitative estimate of drug-likeness (QED) is 0.751. The first-order valence-electron chi connectivity index (χ1n) is 8.07. The van der Waals surface area contributed by atoms with Crippen molar-refractivity contribution in [2.24, 2.45) is 0 Å². The summed E-state index contributed by atoms with van der Waals surface area (Å²) in [5.41, 5.74) is 2.78. The molecule has 3 rings (SSSR count). The minimum Gasteiger partial charge on any atom is -0.481 e. The number of amides is 1. The van der Waals surface area contributed by atoms with Gasteiger partial charge in [-0.2, -0.15) is 4.98 Å². The van der Waals surface area contributed by atoms with Crippen LogP contribution in [0.2, 0.25) is 0 Å². The highest BCUT2D eigenvalue weighted by atomic mass is 19.1. The van der Waals surface area contributed by atoms with Crippen LogP contribution < -0.4 is 10.1 Å². The number of nitrogens with one attached hydrogen (secondary N) is 1. The van der Waals surface area contributed by atoms with Crippen molar-refractivity contribution in [3.63, 3.8) is 0 Å². The van der Waals surface area contributed by atoms with Crippen LogP contribution in [-0.2, 0) is 4.79 Å². The van der Waals surface area contributed by atoms with Crippen molar-refractivity contribution in [2.45, 2.75) is 26.9 Å². The van der Waals surface area contributed by atoms with Gasteiger partial charge in [-0.25, -0.2) is 4.39 Å². The molecule has 0 saturated carbocycles. The molecule has 1 atom stereocenters. The summed E-state index contributed by atoms with van der Waals surface area (Å²) >= 11 is 0. The summed E-state index contributed by atoms with van der Waals surface area (Å²) in [6.45, 7) is 5.61. The van der Waals surface area contributed by atoms with Gasteiger partial charge in [0.25, 0.3) is 17.7 Å². The third-order valence-electron chi connectivity index (χ3n) is 3.91. The van der Waals surface area contributed by atoms with Crippen molar-refractivity contribution in [3.8, 4) is 17.2 Å². The molecule has 0 saturated heterocycles. The lowest BCUT2D eigenvalue weighted by Gasteiger charge is -2.14. The molecule has 0 aliphatic carbocycles. The SMILES string of the molecule is Cc1ccc(O[C@@H](C)C(=O)Nc2noc(-c3ccc(F)cc3)n2)cc1C. The smallest absolute Gasteiger partial charge is 0.270 e. The van der Waals surface area contributed by atoms with Gasteiger partial charge < -0.3 is 9.26 Å². The minimum absolute atomic E-state index is 0.0184. The Morgan fingerprint density at radius 2 is 1.88 bits per heavy atom. The zero-order chi connectivity index (χ0) is 18.7. The zero-order valence-corrected chi connectivity index (χ0v) is 14.6. The van der Waals surface area contributed by atoms with Gasteiger partial charge in [0, 0.05) is 5.56 Å². The molecule has 6 nitrogen and oxygen atoms in total. The molecule has 0 spiro atoms. The lowest BCUT2D eigenvalue weighted by atomic mass is 10.1. The van der Waals surface area contributed by atoms with Crippen molar-refractivity contribution < 1.29 is 18.4 Å². The molecule has 7 heteroatoms. The second-order valence-electron chi connectivity index (χ2n) is 5.93. The van der Waals surface area contributed by atoms with Gasteiger partial charge in [-0.1, -0.05) is 6.07 Å². The molecule has 26 heavy (non-hydrogen) atoms. The van der Waals surface area contributed by atoms with E-state index in [4.69, 9.17) is 9.26 Å². The Labute approximate surface area is 150 Å². The number of carbonyl (C=O) groups excluding carboxylic acids is 1. The average molecular weight is 355 g/mol. The predicted molar refractivity (Wildman–Crippen MR) is 94.3 cm³/mol. The van der Waals surface area contributed by atoms with E-state index in [1.165, 1.54) is 24.3 Å². The summed E-state index contributed by atoms with van der Waals surface area (Å²) in [6.07, 6.45) is -0.745. The largest absolute Gasteiger partial charge is 0.481 e. The van der Waals surface area contributed by atoms with Gasteiger partial charge in [0.2, 0.25) is 0 Å². The van der Waals surface area contributed by atoms with Crippen LogP contribution in [0.15, 0.2) is 47.0 Å². The first-order valence-corrected chi connectivity index (χ1v) is 8.07. The number of benzene rings is 2. The number of carbonyl (C=O) groups is 1. The van der Waals surface area contributed by atoms with E-state index in [0.717, 1.165) is 11.1 Å². The summed E-state index contributed by atoms with van der Waals surface area (Å²) in [5.74, 6) is 0.0394. The first-order chi connectivity index (χ1) is 12.4. The first kappa shape index (κ1) is 17.6. The number of anilines is 1. The van der Waals surface area contributed by atoms with Crippen LogP contribution in [0, 0.1) is 19.7 Å². The standard InChI is InChI=1S/C19H18FN3O3/c1-11-4-9-16(10-12(11)2)25-13(3)17(24)21-19-22-18(26-23-19)14-5-7-15(20)8-6-14/h4-10,13H,1-3H3,(H,21,23,24)/t13-/m0/s1. The monoisotopic (exact) mass is 355 g/mol. The average Bonchev–Trinajstić information content (AvgIpc) is 3.07. The Kier molecular flexibility index (Phi) is 4.97. The fourth-order valence-electron chi connectivity index (χ4n) is 2.24. The number of aryl methyl sites for hydroxylation is 2. The molecular weight excluding hydrogens is 337 g/mol. The number of hydrogen-bond acceptors (Lipinski definition) is 5. The van der Waals surface area contributed by atoms with Gasteiger partial charge in [0.1, 0.15) is 11.6 Å². The Morgan fingerprint density at radius 3 is 2.58 bits per heavy atom. The van der Waals surface area contributed by atoms with E-state index >= 15 is 0 Å². The van der Waals surface area contributed by atoms with Gasteiger partial charge in [0.15, 0.2) is 6.10 Å². The molecule has 0 fully saturated rings. The van der Waals surface area contributed by atoms with Gasteiger partial charge in [0.05, 0.1) is 0 Å². The van der Waals surface area contributed by atoms with Crippen LogP contribution in [0.5, 0.6) is 5.75 Å². The highest BCUT2D eigenvalue weighted by molar-refractivity contribution is 5.92. The number of aromatic nitrogens is 2. The van der Waals surface area contributed by atoms with Crippen molar-refractivity contribution in [1.29, 1.82) is 0 Å². The number of halogens is 1. The normalized spacial score (nSPS) is 11.8. The summed E-state index contributed by atoms with van der Waals surface area (Å²) in [4.78, 5) is 16.3. The second-order valence-corrected chi connectivity index (χ2v) is 5.93. The fraction of sp³-hybridized carbons (Fsp3) is 0.211. The number of rotatable bonds is 5. The third-order valence-corrected chi connectivity index (χ3v) is 3.91. The second kappa shape index (κ2) is 7.35. The fourth-order valence-corrected chi connectivity index (χ4v) is 2.24. The van der Waals surface area contributed by atoms with Gasteiger partial charge in [-0.3, -0.25) is 10.1 Å². The molecule has 0 aliphatic heterocycles. The van der Waals surface area contributed by atoms with Crippen LogP contribution >= 0.6 is 0 Å². The van der Waals surface area contributed by atoms with E-state index in [1.54, 1.807) is 6.92 Å². The van der Waals surface area contributed by atoms with E-state index in [1.807, 2.05) is 32.0 Å². The molecular formula is C19H18FN3O3. The Hall–Kier alpha value is -3.22. The van der Waals surface area contributed by atoms with Gasteiger partial charge in [-0.05, 0) is 73.5 Å². The molecule has 3 aromatic rings. The van der Waals surface area contributed by atoms with E-state index in [2.05, 4.69) is 15.5 Å². The van der Waals surface area contributed by atoms with Crippen LogP contribution in [0.1, 0.15) is 18.1 Å². The lowest BCUT2D eigenvalue weighted by molar-refractivity contribution is -0.122. The molecule has 1 N–H and O–H groups in total. The summed E-state index contributed by atoms with van der Waals surface area (Å²) in [6, 6.07) is 11.2. The van der Waals surface area contributed by atoms with E-state index in [-0.39, 0.29) is 17.7 Å². The number of hydrogen-bond donors (Lipinski definition) is 1. The van der Waals surface area contributed by atoms with Crippen molar-refractivity contribution >= 4 is 11.9 Å². The topological polar surface area (TPSA) is 77.2 Å². The lowest BCUT2D eigenvalue weighted by Crippen LogP contribution is -2.30. The maximum absolute atomic E-state index is 13.0. The predicted octanol–water partition coefficient (Wildman–Crippen LogP) is 3.90. The molecule has 1 aromatic heterocycles. The molecule has 2 aromatic carbocycles.